The van der Waals surface area contributed by atoms with Gasteiger partial charge in [-0.05, 0) is 45.7 Å². The van der Waals surface area contributed by atoms with E-state index in [9.17, 15) is 19.1 Å². The van der Waals surface area contributed by atoms with E-state index in [2.05, 4.69) is 5.32 Å². The highest BCUT2D eigenvalue weighted by molar-refractivity contribution is 5.93. The van der Waals surface area contributed by atoms with Crippen molar-refractivity contribution in [3.05, 3.63) is 39.9 Å². The topological polar surface area (TPSA) is 74.6 Å². The summed E-state index contributed by atoms with van der Waals surface area (Å²) in [5.41, 5.74) is -1.00. The van der Waals surface area contributed by atoms with Gasteiger partial charge in [0, 0.05) is 48.7 Å². The van der Waals surface area contributed by atoms with Gasteiger partial charge in [-0.25, -0.2) is 13.6 Å². The smallest absolute Gasteiger partial charge is 0.341 e. The van der Waals surface area contributed by atoms with Crippen molar-refractivity contribution in [2.24, 2.45) is 5.92 Å². The minimum Gasteiger partial charge on any atom is -0.477 e. The number of nitrogens with one attached hydrogen (secondary N) is 1. The summed E-state index contributed by atoms with van der Waals surface area (Å²) in [6, 6.07) is 3.12. The lowest BCUT2D eigenvalue weighted by Crippen LogP contribution is -2.30. The molecular weight excluding hydrogens is 392 g/mol. The van der Waals surface area contributed by atoms with Gasteiger partial charge >= 0.3 is 5.97 Å². The molecule has 2 fully saturated rings. The number of benzene rings is 1. The average molecular weight is 419 g/mol. The summed E-state index contributed by atoms with van der Waals surface area (Å²) >= 11 is 0. The molecule has 1 saturated heterocycles. The number of halogens is 2. The molecule has 2 aromatic rings. The Morgan fingerprint density at radius 2 is 1.97 bits per heavy atom. The Hall–Kier alpha value is -2.48. The molecule has 0 bridgehead atoms. The van der Waals surface area contributed by atoms with E-state index in [1.807, 2.05) is 20.8 Å². The summed E-state index contributed by atoms with van der Waals surface area (Å²) in [6.45, 7) is 6.66. The summed E-state index contributed by atoms with van der Waals surface area (Å²) < 4.78 is 31.3. The van der Waals surface area contributed by atoms with Gasteiger partial charge < -0.3 is 19.9 Å². The maximum absolute atomic E-state index is 15.0. The summed E-state index contributed by atoms with van der Waals surface area (Å²) in [7, 11) is 0. The molecule has 1 aliphatic carbocycles. The lowest BCUT2D eigenvalue weighted by Gasteiger charge is -2.27. The normalized spacial score (nSPS) is 22.1. The number of rotatable bonds is 5. The van der Waals surface area contributed by atoms with Crippen molar-refractivity contribution in [2.75, 3.05) is 24.5 Å². The van der Waals surface area contributed by atoms with Gasteiger partial charge in [-0.1, -0.05) is 0 Å². The Kier molecular flexibility index (Phi) is 5.08. The van der Waals surface area contributed by atoms with E-state index in [0.717, 1.165) is 18.9 Å². The molecule has 2 heterocycles. The van der Waals surface area contributed by atoms with E-state index in [0.29, 0.717) is 24.6 Å². The van der Waals surface area contributed by atoms with Crippen molar-refractivity contribution in [3.8, 4) is 0 Å². The maximum Gasteiger partial charge on any atom is 0.341 e. The monoisotopic (exact) mass is 419 g/mol. The van der Waals surface area contributed by atoms with Crippen LogP contribution in [0.25, 0.3) is 10.9 Å². The maximum atomic E-state index is 15.0. The number of fused-ring (bicyclic) bond motifs is 1. The first kappa shape index (κ1) is 20.8. The molecular formula is C22H27F2N3O3. The van der Waals surface area contributed by atoms with E-state index in [1.54, 1.807) is 15.5 Å². The third-order valence-corrected chi connectivity index (χ3v) is 5.97. The molecule has 6 nitrogen and oxygen atoms in total. The molecule has 2 aliphatic rings. The molecule has 2 unspecified atom stereocenters. The number of hydrogen-bond acceptors (Lipinski definition) is 4. The summed E-state index contributed by atoms with van der Waals surface area (Å²) in [5, 5.41) is 12.7. The molecule has 2 atom stereocenters. The van der Waals surface area contributed by atoms with Gasteiger partial charge in [-0.3, -0.25) is 4.79 Å². The van der Waals surface area contributed by atoms with Gasteiger partial charge in [0.25, 0.3) is 0 Å². The van der Waals surface area contributed by atoms with Crippen LogP contribution in [-0.2, 0) is 5.54 Å². The van der Waals surface area contributed by atoms with E-state index in [1.165, 1.54) is 6.20 Å². The van der Waals surface area contributed by atoms with Gasteiger partial charge in [0.15, 0.2) is 0 Å². The Morgan fingerprint density at radius 1 is 1.27 bits per heavy atom. The van der Waals surface area contributed by atoms with Crippen LogP contribution in [0.2, 0.25) is 0 Å². The zero-order valence-corrected chi connectivity index (χ0v) is 17.4. The Bertz CT molecular complexity index is 1060. The van der Waals surface area contributed by atoms with Crippen molar-refractivity contribution in [1.29, 1.82) is 0 Å². The number of aromatic carboxylic acids is 1. The number of nitrogens with zero attached hydrogens (tertiary/aromatic N) is 2. The largest absolute Gasteiger partial charge is 0.477 e. The molecule has 1 aliphatic heterocycles. The van der Waals surface area contributed by atoms with E-state index in [-0.39, 0.29) is 23.5 Å². The van der Waals surface area contributed by atoms with Crippen molar-refractivity contribution >= 4 is 22.6 Å². The molecule has 0 amide bonds. The molecule has 30 heavy (non-hydrogen) atoms. The fraction of sp³-hybridized carbons (Fsp3) is 0.545. The quantitative estimate of drug-likeness (QED) is 0.779. The first-order valence-corrected chi connectivity index (χ1v) is 10.3. The van der Waals surface area contributed by atoms with Crippen molar-refractivity contribution in [2.45, 2.75) is 51.4 Å². The number of carbonyl (C=O) groups is 1. The van der Waals surface area contributed by atoms with Gasteiger partial charge in [0.2, 0.25) is 5.43 Å². The van der Waals surface area contributed by atoms with Crippen LogP contribution < -0.4 is 15.6 Å². The fourth-order valence-corrected chi connectivity index (χ4v) is 4.11. The van der Waals surface area contributed by atoms with Gasteiger partial charge in [0.1, 0.15) is 17.6 Å². The second-order valence-corrected chi connectivity index (χ2v) is 9.40. The number of aromatic nitrogens is 1. The van der Waals surface area contributed by atoms with Crippen LogP contribution >= 0.6 is 0 Å². The summed E-state index contributed by atoms with van der Waals surface area (Å²) in [5.74, 6) is -2.22. The van der Waals surface area contributed by atoms with E-state index in [4.69, 9.17) is 0 Å². The molecule has 8 heteroatoms. The van der Waals surface area contributed by atoms with Gasteiger partial charge in [-0.15, -0.1) is 0 Å². The first-order chi connectivity index (χ1) is 14.1. The lowest BCUT2D eigenvalue weighted by molar-refractivity contribution is 0.0694. The molecule has 0 radical (unpaired) electrons. The van der Waals surface area contributed by atoms with Crippen LogP contribution in [0.5, 0.6) is 0 Å². The number of pyridine rings is 1. The fourth-order valence-electron chi connectivity index (χ4n) is 4.11. The highest BCUT2D eigenvalue weighted by atomic mass is 19.1. The number of carboxylic acid groups (broad SMARTS) is 1. The highest BCUT2D eigenvalue weighted by Crippen LogP contribution is 2.32. The zero-order chi connectivity index (χ0) is 21.8. The lowest BCUT2D eigenvalue weighted by atomic mass is 10.0. The second kappa shape index (κ2) is 7.34. The Labute approximate surface area is 173 Å². The number of anilines is 1. The van der Waals surface area contributed by atoms with Crippen molar-refractivity contribution in [1.82, 2.24) is 9.88 Å². The third-order valence-electron chi connectivity index (χ3n) is 5.97. The van der Waals surface area contributed by atoms with Crippen molar-refractivity contribution < 1.29 is 18.7 Å². The van der Waals surface area contributed by atoms with E-state index < -0.39 is 34.5 Å². The highest BCUT2D eigenvalue weighted by Gasteiger charge is 2.35. The zero-order valence-electron chi connectivity index (χ0n) is 17.4. The minimum atomic E-state index is -1.35. The van der Waals surface area contributed by atoms with Crippen LogP contribution in [0.15, 0.2) is 23.1 Å². The number of alkyl halides is 1. The number of hydrogen-bond donors (Lipinski definition) is 2. The van der Waals surface area contributed by atoms with Crippen LogP contribution in [0, 0.1) is 11.7 Å². The van der Waals surface area contributed by atoms with Gasteiger partial charge in [0.05, 0.1) is 11.2 Å². The molecule has 2 N–H and O–H groups in total. The second-order valence-electron chi connectivity index (χ2n) is 9.40. The predicted molar refractivity (Wildman–Crippen MR) is 112 cm³/mol. The number of carboxylic acids is 1. The van der Waals surface area contributed by atoms with Crippen molar-refractivity contribution in [3.63, 3.8) is 0 Å². The summed E-state index contributed by atoms with van der Waals surface area (Å²) in [4.78, 5) is 25.9. The molecule has 0 spiro atoms. The molecule has 1 aromatic carbocycles. The first-order valence-electron chi connectivity index (χ1n) is 10.3. The minimum absolute atomic E-state index is 0.00835. The van der Waals surface area contributed by atoms with Crippen LogP contribution in [0.3, 0.4) is 0 Å². The van der Waals surface area contributed by atoms with E-state index >= 15 is 4.39 Å². The van der Waals surface area contributed by atoms with Crippen LogP contribution in [0.4, 0.5) is 14.5 Å². The molecule has 4 rings (SSSR count). The Balaban J connectivity index is 1.76. The predicted octanol–water partition coefficient (Wildman–Crippen LogP) is 3.12. The molecule has 1 saturated carbocycles. The van der Waals surface area contributed by atoms with Crippen LogP contribution in [-0.4, -0.2) is 47.5 Å². The molecule has 162 valence electrons. The third kappa shape index (κ3) is 3.80. The van der Waals surface area contributed by atoms with Crippen LogP contribution in [0.1, 0.15) is 44.0 Å². The van der Waals surface area contributed by atoms with Gasteiger partial charge in [-0.2, -0.15) is 0 Å². The summed E-state index contributed by atoms with van der Waals surface area (Å²) in [6.07, 6.45) is 2.48. The average Bonchev–Trinajstić information content (AvgIpc) is 3.41. The molecule has 1 aromatic heterocycles. The Morgan fingerprint density at radius 3 is 2.57 bits per heavy atom. The SMILES string of the molecule is CC(C)(C)n1cc(C(=O)O)c(=O)c2cc(F)c(N3CC(F)C(CNC4CC4)C3)cc21. The standard InChI is InChI=1S/C22H27F2N3O3/c1-22(2,3)27-10-15(21(29)30)20(28)14-6-16(23)19(7-18(14)27)26-9-12(17(24)11-26)8-25-13-4-5-13/h6-7,10,12-13,17,25H,4-5,8-9,11H2,1-3H3,(H,29,30).